The van der Waals surface area contributed by atoms with E-state index >= 15 is 0 Å². The van der Waals surface area contributed by atoms with Crippen LogP contribution in [0.2, 0.25) is 0 Å². The lowest BCUT2D eigenvalue weighted by Gasteiger charge is -2.26. The number of nitrogens with two attached hydrogens (primary N) is 1. The van der Waals surface area contributed by atoms with Crippen molar-refractivity contribution < 1.29 is 0 Å². The summed E-state index contributed by atoms with van der Waals surface area (Å²) >= 11 is 0. The van der Waals surface area contributed by atoms with Crippen LogP contribution >= 0.6 is 0 Å². The molecule has 0 fully saturated rings. The molecule has 4 nitrogen and oxygen atoms in total. The van der Waals surface area contributed by atoms with E-state index in [1.54, 1.807) is 0 Å². The number of anilines is 1. The van der Waals surface area contributed by atoms with Gasteiger partial charge in [0.15, 0.2) is 0 Å². The van der Waals surface area contributed by atoms with Crippen LogP contribution in [0.3, 0.4) is 0 Å². The van der Waals surface area contributed by atoms with Crippen LogP contribution in [-0.4, -0.2) is 33.8 Å². The van der Waals surface area contributed by atoms with E-state index in [0.717, 1.165) is 13.1 Å². The molecule has 0 aliphatic rings. The monoisotopic (exact) mass is 238 g/mol. The van der Waals surface area contributed by atoms with Crippen molar-refractivity contribution in [3.8, 4) is 0 Å². The SMILES string of the molecule is CCCCCN(CCn1ccc(N)n1)C(C)C. The molecule has 1 aromatic rings. The Morgan fingerprint density at radius 1 is 1.35 bits per heavy atom. The third-order valence-electron chi connectivity index (χ3n) is 3.06. The first-order chi connectivity index (χ1) is 8.13. The van der Waals surface area contributed by atoms with Crippen LogP contribution in [0.4, 0.5) is 5.82 Å². The summed E-state index contributed by atoms with van der Waals surface area (Å²) in [7, 11) is 0. The maximum Gasteiger partial charge on any atom is 0.145 e. The fourth-order valence-electron chi connectivity index (χ4n) is 1.93. The highest BCUT2D eigenvalue weighted by Gasteiger charge is 2.08. The van der Waals surface area contributed by atoms with E-state index in [1.165, 1.54) is 25.8 Å². The van der Waals surface area contributed by atoms with E-state index in [2.05, 4.69) is 30.8 Å². The maximum absolute atomic E-state index is 5.60. The molecule has 0 bridgehead atoms. The van der Waals surface area contributed by atoms with Gasteiger partial charge in [-0.2, -0.15) is 5.10 Å². The molecular formula is C13H26N4. The van der Waals surface area contributed by atoms with Crippen LogP contribution < -0.4 is 5.73 Å². The summed E-state index contributed by atoms with van der Waals surface area (Å²) in [4.78, 5) is 2.51. The van der Waals surface area contributed by atoms with Gasteiger partial charge in [-0.25, -0.2) is 0 Å². The van der Waals surface area contributed by atoms with Crippen molar-refractivity contribution in [2.75, 3.05) is 18.8 Å². The molecule has 0 radical (unpaired) electrons. The normalized spacial score (nSPS) is 11.6. The summed E-state index contributed by atoms with van der Waals surface area (Å²) in [5.74, 6) is 0.604. The lowest BCUT2D eigenvalue weighted by atomic mass is 10.2. The Labute approximate surface area is 105 Å². The third-order valence-corrected chi connectivity index (χ3v) is 3.06. The molecule has 2 N–H and O–H groups in total. The van der Waals surface area contributed by atoms with E-state index in [4.69, 9.17) is 5.73 Å². The van der Waals surface area contributed by atoms with Crippen molar-refractivity contribution in [2.24, 2.45) is 0 Å². The van der Waals surface area contributed by atoms with Gasteiger partial charge in [0.25, 0.3) is 0 Å². The second-order valence-corrected chi connectivity index (χ2v) is 4.84. The summed E-state index contributed by atoms with van der Waals surface area (Å²) in [6.07, 6.45) is 5.83. The molecule has 0 saturated carbocycles. The van der Waals surface area contributed by atoms with Crippen LogP contribution in [0.25, 0.3) is 0 Å². The Hall–Kier alpha value is -1.03. The first kappa shape index (κ1) is 14.0. The number of rotatable bonds is 8. The fraction of sp³-hybridized carbons (Fsp3) is 0.769. The second-order valence-electron chi connectivity index (χ2n) is 4.84. The number of unbranched alkanes of at least 4 members (excludes halogenated alkanes) is 2. The predicted molar refractivity (Wildman–Crippen MR) is 72.9 cm³/mol. The quantitative estimate of drug-likeness (QED) is 0.707. The standard InChI is InChI=1S/C13H26N4/c1-4-5-6-8-16(12(2)3)10-11-17-9-7-13(14)15-17/h7,9,12H,4-6,8,10-11H2,1-3H3,(H2,14,15). The van der Waals surface area contributed by atoms with E-state index in [-0.39, 0.29) is 0 Å². The van der Waals surface area contributed by atoms with E-state index in [9.17, 15) is 0 Å². The third kappa shape index (κ3) is 5.22. The van der Waals surface area contributed by atoms with E-state index < -0.39 is 0 Å². The molecule has 0 saturated heterocycles. The average molecular weight is 238 g/mol. The molecule has 1 heterocycles. The molecule has 0 aliphatic carbocycles. The Kier molecular flexibility index (Phi) is 6.05. The van der Waals surface area contributed by atoms with Gasteiger partial charge >= 0.3 is 0 Å². The minimum Gasteiger partial charge on any atom is -0.382 e. The zero-order valence-corrected chi connectivity index (χ0v) is 11.4. The number of nitrogen functional groups attached to an aromatic ring is 1. The van der Waals surface area contributed by atoms with Gasteiger partial charge in [-0.15, -0.1) is 0 Å². The van der Waals surface area contributed by atoms with Crippen molar-refractivity contribution in [3.63, 3.8) is 0 Å². The summed E-state index contributed by atoms with van der Waals surface area (Å²) in [6, 6.07) is 2.44. The first-order valence-electron chi connectivity index (χ1n) is 6.66. The van der Waals surface area contributed by atoms with Crippen LogP contribution in [0.1, 0.15) is 40.0 Å². The number of aromatic nitrogens is 2. The molecule has 0 amide bonds. The zero-order chi connectivity index (χ0) is 12.7. The van der Waals surface area contributed by atoms with Crippen LogP contribution in [-0.2, 0) is 6.54 Å². The number of hydrogen-bond donors (Lipinski definition) is 1. The number of hydrogen-bond acceptors (Lipinski definition) is 3. The second kappa shape index (κ2) is 7.33. The molecule has 1 aromatic heterocycles. The van der Waals surface area contributed by atoms with Gasteiger partial charge in [-0.1, -0.05) is 19.8 Å². The minimum absolute atomic E-state index is 0.597. The van der Waals surface area contributed by atoms with Gasteiger partial charge < -0.3 is 5.73 Å². The highest BCUT2D eigenvalue weighted by molar-refractivity contribution is 5.23. The van der Waals surface area contributed by atoms with Gasteiger partial charge in [-0.05, 0) is 32.9 Å². The van der Waals surface area contributed by atoms with Crippen LogP contribution in [0.15, 0.2) is 12.3 Å². The molecule has 4 heteroatoms. The lowest BCUT2D eigenvalue weighted by molar-refractivity contribution is 0.206. The van der Waals surface area contributed by atoms with Crippen molar-refractivity contribution in [3.05, 3.63) is 12.3 Å². The summed E-state index contributed by atoms with van der Waals surface area (Å²) in [5, 5.41) is 4.21. The Morgan fingerprint density at radius 2 is 2.12 bits per heavy atom. The van der Waals surface area contributed by atoms with Crippen molar-refractivity contribution in [2.45, 2.75) is 52.6 Å². The highest BCUT2D eigenvalue weighted by atomic mass is 15.3. The molecule has 0 aromatic carbocycles. The molecule has 0 aliphatic heterocycles. The molecule has 0 atom stereocenters. The topological polar surface area (TPSA) is 47.1 Å². The summed E-state index contributed by atoms with van der Waals surface area (Å²) in [6.45, 7) is 9.89. The molecule has 98 valence electrons. The number of nitrogens with zero attached hydrogens (tertiary/aromatic N) is 3. The van der Waals surface area contributed by atoms with Crippen molar-refractivity contribution in [1.82, 2.24) is 14.7 Å². The Balaban J connectivity index is 2.33. The first-order valence-corrected chi connectivity index (χ1v) is 6.66. The lowest BCUT2D eigenvalue weighted by Crippen LogP contribution is -2.34. The molecule has 0 unspecified atom stereocenters. The van der Waals surface area contributed by atoms with Gasteiger partial charge in [0, 0.05) is 18.8 Å². The Morgan fingerprint density at radius 3 is 2.65 bits per heavy atom. The van der Waals surface area contributed by atoms with E-state index in [1.807, 2.05) is 16.9 Å². The molecule has 17 heavy (non-hydrogen) atoms. The van der Waals surface area contributed by atoms with Gasteiger partial charge in [0.2, 0.25) is 0 Å². The molecule has 0 spiro atoms. The molecular weight excluding hydrogens is 212 g/mol. The van der Waals surface area contributed by atoms with Gasteiger partial charge in [-0.3, -0.25) is 9.58 Å². The minimum atomic E-state index is 0.597. The molecule has 1 rings (SSSR count). The Bertz CT molecular complexity index is 306. The van der Waals surface area contributed by atoms with Crippen molar-refractivity contribution in [1.29, 1.82) is 0 Å². The summed E-state index contributed by atoms with van der Waals surface area (Å²) < 4.78 is 1.92. The van der Waals surface area contributed by atoms with Crippen LogP contribution in [0.5, 0.6) is 0 Å². The van der Waals surface area contributed by atoms with Gasteiger partial charge in [0.1, 0.15) is 5.82 Å². The summed E-state index contributed by atoms with van der Waals surface area (Å²) in [5.41, 5.74) is 5.60. The van der Waals surface area contributed by atoms with E-state index in [0.29, 0.717) is 11.9 Å². The largest absolute Gasteiger partial charge is 0.382 e. The zero-order valence-electron chi connectivity index (χ0n) is 11.4. The average Bonchev–Trinajstić information content (AvgIpc) is 2.69. The highest BCUT2D eigenvalue weighted by Crippen LogP contribution is 2.04. The van der Waals surface area contributed by atoms with Gasteiger partial charge in [0.05, 0.1) is 6.54 Å². The maximum atomic E-state index is 5.60. The predicted octanol–water partition coefficient (Wildman–Crippen LogP) is 2.37. The fourth-order valence-corrected chi connectivity index (χ4v) is 1.93. The van der Waals surface area contributed by atoms with Crippen LogP contribution in [0, 0.1) is 0 Å². The van der Waals surface area contributed by atoms with Crippen molar-refractivity contribution >= 4 is 5.82 Å². The smallest absolute Gasteiger partial charge is 0.145 e.